The van der Waals surface area contributed by atoms with Crippen molar-refractivity contribution in [3.63, 3.8) is 0 Å². The molecule has 0 amide bonds. The molecule has 2 rings (SSSR count). The minimum absolute atomic E-state index is 0.344. The lowest BCUT2D eigenvalue weighted by molar-refractivity contribution is 0.160. The van der Waals surface area contributed by atoms with Crippen LogP contribution in [0.3, 0.4) is 0 Å². The Balaban J connectivity index is 2.23. The van der Waals surface area contributed by atoms with Crippen molar-refractivity contribution in [1.82, 2.24) is 0 Å². The van der Waals surface area contributed by atoms with Gasteiger partial charge in [0.1, 0.15) is 11.6 Å². The number of hydrogen-bond donors (Lipinski definition) is 1. The van der Waals surface area contributed by atoms with Gasteiger partial charge in [0.15, 0.2) is 0 Å². The fraction of sp³-hybridized carbons (Fsp3) is 0.600. The molecule has 0 aromatic heterocycles. The highest BCUT2D eigenvalue weighted by Gasteiger charge is 2.37. The molecule has 0 spiro atoms. The topological polar surface area (TPSA) is 26.0 Å². The Morgan fingerprint density at radius 3 is 2.72 bits per heavy atom. The lowest BCUT2D eigenvalue weighted by Gasteiger charge is -2.42. The first-order valence-corrected chi connectivity index (χ1v) is 6.63. The van der Waals surface area contributed by atoms with E-state index in [0.717, 1.165) is 18.9 Å². The van der Waals surface area contributed by atoms with E-state index in [0.29, 0.717) is 23.8 Å². The van der Waals surface area contributed by atoms with Gasteiger partial charge < -0.3 is 5.73 Å². The zero-order chi connectivity index (χ0) is 13.3. The van der Waals surface area contributed by atoms with Gasteiger partial charge in [0.2, 0.25) is 0 Å². The van der Waals surface area contributed by atoms with Crippen LogP contribution in [0.2, 0.25) is 0 Å². The molecule has 0 radical (unpaired) electrons. The molecule has 100 valence electrons. The van der Waals surface area contributed by atoms with Gasteiger partial charge in [-0.05, 0) is 54.9 Å². The maximum absolute atomic E-state index is 13.7. The predicted octanol–water partition coefficient (Wildman–Crippen LogP) is 3.66. The zero-order valence-electron chi connectivity index (χ0n) is 11.0. The molecular weight excluding hydrogens is 232 g/mol. The zero-order valence-corrected chi connectivity index (χ0v) is 11.0. The first-order valence-electron chi connectivity index (χ1n) is 6.63. The van der Waals surface area contributed by atoms with E-state index in [9.17, 15) is 8.78 Å². The van der Waals surface area contributed by atoms with Crippen molar-refractivity contribution < 1.29 is 8.78 Å². The number of benzene rings is 1. The van der Waals surface area contributed by atoms with Crippen LogP contribution in [0.5, 0.6) is 0 Å². The average Bonchev–Trinajstić information content (AvgIpc) is 2.29. The van der Waals surface area contributed by atoms with Crippen LogP contribution in [-0.4, -0.2) is 5.54 Å². The van der Waals surface area contributed by atoms with E-state index < -0.39 is 11.4 Å². The van der Waals surface area contributed by atoms with E-state index >= 15 is 0 Å². The minimum atomic E-state index is -0.410. The molecule has 1 fully saturated rings. The van der Waals surface area contributed by atoms with Gasteiger partial charge in [-0.1, -0.05) is 20.3 Å². The van der Waals surface area contributed by atoms with Crippen LogP contribution in [0, 0.1) is 23.5 Å². The Morgan fingerprint density at radius 1 is 1.28 bits per heavy atom. The van der Waals surface area contributed by atoms with E-state index in [4.69, 9.17) is 5.73 Å². The fourth-order valence-corrected chi connectivity index (χ4v) is 3.05. The number of rotatable bonds is 2. The molecule has 1 nitrogen and oxygen atoms in total. The van der Waals surface area contributed by atoms with Crippen molar-refractivity contribution in [2.24, 2.45) is 17.6 Å². The van der Waals surface area contributed by atoms with E-state index in [1.807, 2.05) is 0 Å². The highest BCUT2D eigenvalue weighted by molar-refractivity contribution is 5.22. The van der Waals surface area contributed by atoms with Crippen molar-refractivity contribution in [2.45, 2.75) is 45.1 Å². The normalized spacial score (nSPS) is 32.5. The molecule has 3 atom stereocenters. The molecule has 1 aromatic rings. The van der Waals surface area contributed by atoms with Crippen molar-refractivity contribution >= 4 is 0 Å². The Morgan fingerprint density at radius 2 is 2.00 bits per heavy atom. The molecule has 18 heavy (non-hydrogen) atoms. The molecule has 3 unspecified atom stereocenters. The number of halogens is 2. The van der Waals surface area contributed by atoms with Crippen molar-refractivity contribution in [3.05, 3.63) is 35.4 Å². The second-order valence-electron chi connectivity index (χ2n) is 5.93. The molecule has 3 heteroatoms. The second-order valence-corrected chi connectivity index (χ2v) is 5.93. The maximum Gasteiger partial charge on any atom is 0.126 e. The van der Waals surface area contributed by atoms with Crippen LogP contribution in [0.15, 0.2) is 18.2 Å². The van der Waals surface area contributed by atoms with Crippen LogP contribution < -0.4 is 5.73 Å². The summed E-state index contributed by atoms with van der Waals surface area (Å²) in [6.45, 7) is 4.29. The van der Waals surface area contributed by atoms with Gasteiger partial charge in [0, 0.05) is 5.54 Å². The monoisotopic (exact) mass is 253 g/mol. The Bertz CT molecular complexity index is 433. The lowest BCUT2D eigenvalue weighted by atomic mass is 9.68. The summed E-state index contributed by atoms with van der Waals surface area (Å²) >= 11 is 0. The first-order chi connectivity index (χ1) is 8.40. The summed E-state index contributed by atoms with van der Waals surface area (Å²) in [4.78, 5) is 0. The summed E-state index contributed by atoms with van der Waals surface area (Å²) in [6, 6.07) is 3.61. The minimum Gasteiger partial charge on any atom is -0.325 e. The largest absolute Gasteiger partial charge is 0.325 e. The highest BCUT2D eigenvalue weighted by Crippen LogP contribution is 2.37. The summed E-state index contributed by atoms with van der Waals surface area (Å²) in [5.41, 5.74) is 6.45. The standard InChI is InChI=1S/C15H21F2N/c1-10-3-4-11(2)15(18,8-10)9-12-7-13(16)5-6-14(12)17/h5-7,10-11H,3-4,8-9,18H2,1-2H3. The van der Waals surface area contributed by atoms with E-state index in [1.165, 1.54) is 18.6 Å². The van der Waals surface area contributed by atoms with Gasteiger partial charge in [-0.2, -0.15) is 0 Å². The summed E-state index contributed by atoms with van der Waals surface area (Å²) in [5.74, 6) is 0.150. The van der Waals surface area contributed by atoms with Crippen molar-refractivity contribution in [3.8, 4) is 0 Å². The van der Waals surface area contributed by atoms with Crippen LogP contribution in [0.4, 0.5) is 8.78 Å². The van der Waals surface area contributed by atoms with Crippen LogP contribution in [-0.2, 0) is 6.42 Å². The van der Waals surface area contributed by atoms with Gasteiger partial charge >= 0.3 is 0 Å². The van der Waals surface area contributed by atoms with E-state index in [1.54, 1.807) is 0 Å². The molecule has 1 aliphatic rings. The lowest BCUT2D eigenvalue weighted by Crippen LogP contribution is -2.51. The molecule has 1 aliphatic carbocycles. The Kier molecular flexibility index (Phi) is 3.71. The van der Waals surface area contributed by atoms with Gasteiger partial charge in [-0.25, -0.2) is 8.78 Å². The summed E-state index contributed by atoms with van der Waals surface area (Å²) in [5, 5.41) is 0. The summed E-state index contributed by atoms with van der Waals surface area (Å²) in [7, 11) is 0. The smallest absolute Gasteiger partial charge is 0.126 e. The average molecular weight is 253 g/mol. The van der Waals surface area contributed by atoms with E-state index in [-0.39, 0.29) is 5.82 Å². The Hall–Kier alpha value is -0.960. The second kappa shape index (κ2) is 4.96. The number of hydrogen-bond acceptors (Lipinski definition) is 1. The van der Waals surface area contributed by atoms with Gasteiger partial charge in [0.05, 0.1) is 0 Å². The number of nitrogens with two attached hydrogens (primary N) is 1. The third kappa shape index (κ3) is 2.72. The van der Waals surface area contributed by atoms with Crippen LogP contribution in [0.25, 0.3) is 0 Å². The molecule has 1 aromatic carbocycles. The maximum atomic E-state index is 13.7. The molecule has 1 saturated carbocycles. The molecule has 0 aliphatic heterocycles. The quantitative estimate of drug-likeness (QED) is 0.855. The van der Waals surface area contributed by atoms with Gasteiger partial charge in [0.25, 0.3) is 0 Å². The third-order valence-corrected chi connectivity index (χ3v) is 4.33. The van der Waals surface area contributed by atoms with Crippen LogP contribution in [0.1, 0.15) is 38.7 Å². The predicted molar refractivity (Wildman–Crippen MR) is 69.2 cm³/mol. The molecule has 2 N–H and O–H groups in total. The van der Waals surface area contributed by atoms with Crippen LogP contribution >= 0.6 is 0 Å². The summed E-state index contributed by atoms with van der Waals surface area (Å²) < 4.78 is 26.9. The van der Waals surface area contributed by atoms with Gasteiger partial charge in [-0.3, -0.25) is 0 Å². The molecule has 0 heterocycles. The fourth-order valence-electron chi connectivity index (χ4n) is 3.05. The SMILES string of the molecule is CC1CCC(C)C(N)(Cc2cc(F)ccc2F)C1. The third-order valence-electron chi connectivity index (χ3n) is 4.33. The Labute approximate surface area is 107 Å². The molecule has 0 bridgehead atoms. The highest BCUT2D eigenvalue weighted by atomic mass is 19.1. The van der Waals surface area contributed by atoms with Crippen molar-refractivity contribution in [1.29, 1.82) is 0 Å². The van der Waals surface area contributed by atoms with Gasteiger partial charge in [-0.15, -0.1) is 0 Å². The molecular formula is C15H21F2N. The first kappa shape index (κ1) is 13.5. The van der Waals surface area contributed by atoms with E-state index in [2.05, 4.69) is 13.8 Å². The molecule has 0 saturated heterocycles. The summed E-state index contributed by atoms with van der Waals surface area (Å²) in [6.07, 6.45) is 3.53. The van der Waals surface area contributed by atoms with Crippen molar-refractivity contribution in [2.75, 3.05) is 0 Å².